The van der Waals surface area contributed by atoms with Gasteiger partial charge < -0.3 is 10.5 Å². The maximum absolute atomic E-state index is 11.6. The summed E-state index contributed by atoms with van der Waals surface area (Å²) in [5, 5.41) is 0. The molecule has 0 atom stereocenters. The average molecular weight is 270 g/mol. The number of hydrogen-bond donors (Lipinski definition) is 2. The predicted molar refractivity (Wildman–Crippen MR) is 70.0 cm³/mol. The van der Waals surface area contributed by atoms with Gasteiger partial charge in [0.2, 0.25) is 10.0 Å². The van der Waals surface area contributed by atoms with Gasteiger partial charge in [0.05, 0.1) is 11.8 Å². The highest BCUT2D eigenvalue weighted by Crippen LogP contribution is 2.28. The van der Waals surface area contributed by atoms with Crippen LogP contribution >= 0.6 is 0 Å². The van der Waals surface area contributed by atoms with Crippen LogP contribution in [-0.4, -0.2) is 21.6 Å². The maximum Gasteiger partial charge on any atom is 0.242 e. The van der Waals surface area contributed by atoms with E-state index in [9.17, 15) is 8.42 Å². The van der Waals surface area contributed by atoms with Crippen LogP contribution in [0.15, 0.2) is 23.1 Å². The van der Waals surface area contributed by atoms with Crippen molar-refractivity contribution in [3.63, 3.8) is 0 Å². The number of sulfonamides is 1. The second kappa shape index (κ2) is 5.16. The van der Waals surface area contributed by atoms with Gasteiger partial charge in [-0.25, -0.2) is 13.1 Å². The smallest absolute Gasteiger partial charge is 0.242 e. The van der Waals surface area contributed by atoms with Gasteiger partial charge in [-0.3, -0.25) is 0 Å². The lowest BCUT2D eigenvalue weighted by Crippen LogP contribution is -2.20. The summed E-state index contributed by atoms with van der Waals surface area (Å²) in [5.41, 5.74) is 5.97. The number of nitrogens with one attached hydrogen (secondary N) is 1. The first-order chi connectivity index (χ1) is 8.53. The molecule has 1 saturated carbocycles. The first-order valence-electron chi connectivity index (χ1n) is 6.02. The number of nitrogens with two attached hydrogens (primary N) is 1. The Balaban J connectivity index is 2.19. The standard InChI is InChI=1S/C12H18N2O3S/c1-14-18(15,16)12-7-6-10(8-11(12)13)17-9-4-2-3-5-9/h6-9,14H,2-5,13H2,1H3. The van der Waals surface area contributed by atoms with Crippen LogP contribution in [0.2, 0.25) is 0 Å². The molecule has 100 valence electrons. The van der Waals surface area contributed by atoms with Crippen LogP contribution in [0, 0.1) is 0 Å². The molecular weight excluding hydrogens is 252 g/mol. The van der Waals surface area contributed by atoms with Crippen molar-refractivity contribution in [1.82, 2.24) is 4.72 Å². The van der Waals surface area contributed by atoms with Gasteiger partial charge in [-0.2, -0.15) is 0 Å². The molecule has 18 heavy (non-hydrogen) atoms. The zero-order chi connectivity index (χ0) is 13.2. The van der Waals surface area contributed by atoms with Crippen LogP contribution in [-0.2, 0) is 10.0 Å². The van der Waals surface area contributed by atoms with Crippen molar-refractivity contribution >= 4 is 15.7 Å². The Hall–Kier alpha value is -1.27. The van der Waals surface area contributed by atoms with Gasteiger partial charge in [-0.1, -0.05) is 0 Å². The van der Waals surface area contributed by atoms with E-state index in [2.05, 4.69) is 4.72 Å². The first kappa shape index (κ1) is 13.2. The number of anilines is 1. The van der Waals surface area contributed by atoms with Crippen LogP contribution in [0.5, 0.6) is 5.75 Å². The lowest BCUT2D eigenvalue weighted by atomic mass is 10.3. The third kappa shape index (κ3) is 2.76. The van der Waals surface area contributed by atoms with Crippen molar-refractivity contribution in [2.24, 2.45) is 0 Å². The van der Waals surface area contributed by atoms with E-state index in [4.69, 9.17) is 10.5 Å². The first-order valence-corrected chi connectivity index (χ1v) is 7.51. The molecule has 1 fully saturated rings. The van der Waals surface area contributed by atoms with Gasteiger partial charge in [0.1, 0.15) is 10.6 Å². The zero-order valence-corrected chi connectivity index (χ0v) is 11.2. The van der Waals surface area contributed by atoms with Crippen LogP contribution in [0.4, 0.5) is 5.69 Å². The lowest BCUT2D eigenvalue weighted by molar-refractivity contribution is 0.210. The molecule has 1 aromatic carbocycles. The largest absolute Gasteiger partial charge is 0.490 e. The lowest BCUT2D eigenvalue weighted by Gasteiger charge is -2.14. The molecule has 0 amide bonds. The predicted octanol–water partition coefficient (Wildman–Crippen LogP) is 1.50. The van der Waals surface area contributed by atoms with Crippen LogP contribution in [0.25, 0.3) is 0 Å². The molecule has 1 aliphatic rings. The molecule has 1 aliphatic carbocycles. The van der Waals surface area contributed by atoms with Crippen LogP contribution in [0.3, 0.4) is 0 Å². The molecule has 0 spiro atoms. The summed E-state index contributed by atoms with van der Waals surface area (Å²) in [7, 11) is -2.14. The summed E-state index contributed by atoms with van der Waals surface area (Å²) in [6.45, 7) is 0. The normalized spacial score (nSPS) is 16.9. The molecule has 0 bridgehead atoms. The second-order valence-corrected chi connectivity index (χ2v) is 6.29. The average Bonchev–Trinajstić information content (AvgIpc) is 2.81. The minimum Gasteiger partial charge on any atom is -0.490 e. The molecule has 2 rings (SSSR count). The van der Waals surface area contributed by atoms with Crippen molar-refractivity contribution in [3.05, 3.63) is 18.2 Å². The molecule has 0 saturated heterocycles. The highest BCUT2D eigenvalue weighted by molar-refractivity contribution is 7.89. The Bertz CT molecular complexity index is 522. The number of rotatable bonds is 4. The minimum atomic E-state index is -3.50. The maximum atomic E-state index is 11.6. The van der Waals surface area contributed by atoms with E-state index in [1.54, 1.807) is 12.1 Å². The Morgan fingerprint density at radius 3 is 2.56 bits per heavy atom. The number of benzene rings is 1. The van der Waals surface area contributed by atoms with E-state index in [-0.39, 0.29) is 16.7 Å². The summed E-state index contributed by atoms with van der Waals surface area (Å²) in [5.74, 6) is 0.634. The fourth-order valence-corrected chi connectivity index (χ4v) is 2.99. The van der Waals surface area contributed by atoms with Gasteiger partial charge in [-0.15, -0.1) is 0 Å². The van der Waals surface area contributed by atoms with E-state index in [1.165, 1.54) is 26.0 Å². The third-order valence-electron chi connectivity index (χ3n) is 3.14. The second-order valence-electron chi connectivity index (χ2n) is 4.43. The minimum absolute atomic E-state index is 0.0868. The summed E-state index contributed by atoms with van der Waals surface area (Å²) in [4.78, 5) is 0.0868. The molecule has 3 N–H and O–H groups in total. The molecule has 5 nitrogen and oxygen atoms in total. The van der Waals surface area contributed by atoms with Gasteiger partial charge in [0.15, 0.2) is 0 Å². The topological polar surface area (TPSA) is 81.4 Å². The fraction of sp³-hybridized carbons (Fsp3) is 0.500. The van der Waals surface area contributed by atoms with Crippen molar-refractivity contribution in [2.45, 2.75) is 36.7 Å². The molecule has 0 heterocycles. The Morgan fingerprint density at radius 1 is 1.33 bits per heavy atom. The molecule has 1 aromatic rings. The third-order valence-corrected chi connectivity index (χ3v) is 4.63. The summed E-state index contributed by atoms with van der Waals surface area (Å²) in [6, 6.07) is 4.70. The van der Waals surface area contributed by atoms with Crippen molar-refractivity contribution < 1.29 is 13.2 Å². The number of hydrogen-bond acceptors (Lipinski definition) is 4. The van der Waals surface area contributed by atoms with Gasteiger partial charge >= 0.3 is 0 Å². The highest BCUT2D eigenvalue weighted by atomic mass is 32.2. The molecule has 0 radical (unpaired) electrons. The molecule has 0 aliphatic heterocycles. The van der Waals surface area contributed by atoms with Gasteiger partial charge in [0.25, 0.3) is 0 Å². The van der Waals surface area contributed by atoms with E-state index in [0.717, 1.165) is 12.8 Å². The Morgan fingerprint density at radius 2 is 2.00 bits per heavy atom. The van der Waals surface area contributed by atoms with Crippen LogP contribution < -0.4 is 15.2 Å². The molecular formula is C12H18N2O3S. The van der Waals surface area contributed by atoms with E-state index in [0.29, 0.717) is 5.75 Å². The monoisotopic (exact) mass is 270 g/mol. The molecule has 6 heteroatoms. The van der Waals surface area contributed by atoms with Gasteiger partial charge in [0, 0.05) is 6.07 Å². The van der Waals surface area contributed by atoms with Crippen molar-refractivity contribution in [3.8, 4) is 5.75 Å². The van der Waals surface area contributed by atoms with Crippen molar-refractivity contribution in [1.29, 1.82) is 0 Å². The summed E-state index contributed by atoms with van der Waals surface area (Å²) < 4.78 is 31.3. The van der Waals surface area contributed by atoms with E-state index in [1.807, 2.05) is 0 Å². The zero-order valence-electron chi connectivity index (χ0n) is 10.3. The molecule has 0 unspecified atom stereocenters. The van der Waals surface area contributed by atoms with Crippen molar-refractivity contribution in [2.75, 3.05) is 12.8 Å². The molecule has 0 aromatic heterocycles. The van der Waals surface area contributed by atoms with Crippen LogP contribution in [0.1, 0.15) is 25.7 Å². The SMILES string of the molecule is CNS(=O)(=O)c1ccc(OC2CCCC2)cc1N. The van der Waals surface area contributed by atoms with E-state index < -0.39 is 10.0 Å². The quantitative estimate of drug-likeness (QED) is 0.812. The highest BCUT2D eigenvalue weighted by Gasteiger charge is 2.19. The van der Waals surface area contributed by atoms with Gasteiger partial charge in [-0.05, 0) is 44.9 Å². The number of ether oxygens (including phenoxy) is 1. The van der Waals surface area contributed by atoms with E-state index >= 15 is 0 Å². The fourth-order valence-electron chi connectivity index (χ4n) is 2.15. The Labute approximate surface area is 107 Å². The number of nitrogen functional groups attached to an aromatic ring is 1. The Kier molecular flexibility index (Phi) is 3.77. The summed E-state index contributed by atoms with van der Waals surface area (Å²) >= 11 is 0. The summed E-state index contributed by atoms with van der Waals surface area (Å²) in [6.07, 6.45) is 4.71.